The first-order chi connectivity index (χ1) is 4.84. The fraction of sp³-hybridized carbons (Fsp3) is 0.500. The quantitative estimate of drug-likeness (QED) is 0.631. The zero-order valence-electron chi connectivity index (χ0n) is 6.20. The Morgan fingerprint density at radius 3 is 2.90 bits per heavy atom. The average molecular weight is 139 g/mol. The Morgan fingerprint density at radius 2 is 2.30 bits per heavy atom. The maximum atomic E-state index is 9.20. The molecule has 0 amide bonds. The van der Waals surface area contributed by atoms with Crippen LogP contribution in [0.3, 0.4) is 0 Å². The fourth-order valence-corrected chi connectivity index (χ4v) is 1.05. The van der Waals surface area contributed by atoms with Gasteiger partial charge in [0, 0.05) is 6.20 Å². The van der Waals surface area contributed by atoms with Crippen LogP contribution in [0.1, 0.15) is 19.8 Å². The summed E-state index contributed by atoms with van der Waals surface area (Å²) in [6.45, 7) is 2.11. The monoisotopic (exact) mass is 139 g/mol. The van der Waals surface area contributed by atoms with Crippen LogP contribution in [0, 0.1) is 0 Å². The van der Waals surface area contributed by atoms with Gasteiger partial charge in [0.2, 0.25) is 0 Å². The first kappa shape index (κ1) is 7.35. The molecule has 0 bridgehead atoms. The standard InChI is InChI=1S/C8H13NO/c1-2-5-8-6-3-4-7-9(8)10/h3-4,6-8,10H,2,5H2,1H3. The fourth-order valence-electron chi connectivity index (χ4n) is 1.05. The Kier molecular flexibility index (Phi) is 2.51. The number of hydrogen-bond acceptors (Lipinski definition) is 2. The summed E-state index contributed by atoms with van der Waals surface area (Å²) < 4.78 is 0. The van der Waals surface area contributed by atoms with Crippen LogP contribution in [0.25, 0.3) is 0 Å². The summed E-state index contributed by atoms with van der Waals surface area (Å²) in [7, 11) is 0. The van der Waals surface area contributed by atoms with Gasteiger partial charge in [-0.1, -0.05) is 25.5 Å². The van der Waals surface area contributed by atoms with Crippen LogP contribution in [-0.2, 0) is 0 Å². The third-order valence-electron chi connectivity index (χ3n) is 1.61. The number of rotatable bonds is 2. The van der Waals surface area contributed by atoms with Gasteiger partial charge in [-0.05, 0) is 12.5 Å². The van der Waals surface area contributed by atoms with Crippen molar-refractivity contribution in [1.82, 2.24) is 5.06 Å². The molecule has 1 unspecified atom stereocenters. The molecule has 2 heteroatoms. The number of nitrogens with zero attached hydrogens (tertiary/aromatic N) is 1. The molecule has 56 valence electrons. The summed E-state index contributed by atoms with van der Waals surface area (Å²) in [6.07, 6.45) is 9.58. The van der Waals surface area contributed by atoms with Crippen LogP contribution in [0.15, 0.2) is 24.4 Å². The maximum absolute atomic E-state index is 9.20. The largest absolute Gasteiger partial charge is 0.288 e. The normalized spacial score (nSPS) is 23.8. The summed E-state index contributed by atoms with van der Waals surface area (Å²) in [5.74, 6) is 0. The van der Waals surface area contributed by atoms with Gasteiger partial charge in [-0.25, -0.2) is 0 Å². The van der Waals surface area contributed by atoms with Gasteiger partial charge < -0.3 is 0 Å². The van der Waals surface area contributed by atoms with Crippen molar-refractivity contribution >= 4 is 0 Å². The number of hydrogen-bond donors (Lipinski definition) is 1. The molecule has 0 saturated carbocycles. The van der Waals surface area contributed by atoms with E-state index in [0.717, 1.165) is 12.8 Å². The summed E-state index contributed by atoms with van der Waals surface area (Å²) in [4.78, 5) is 0. The molecule has 1 aliphatic rings. The van der Waals surface area contributed by atoms with E-state index in [-0.39, 0.29) is 6.04 Å². The van der Waals surface area contributed by atoms with E-state index >= 15 is 0 Å². The van der Waals surface area contributed by atoms with Crippen molar-refractivity contribution < 1.29 is 5.21 Å². The molecule has 1 rings (SSSR count). The van der Waals surface area contributed by atoms with Crippen molar-refractivity contribution in [2.45, 2.75) is 25.8 Å². The highest BCUT2D eigenvalue weighted by Crippen LogP contribution is 2.10. The minimum atomic E-state index is 0.190. The highest BCUT2D eigenvalue weighted by atomic mass is 16.5. The topological polar surface area (TPSA) is 23.5 Å². The predicted octanol–water partition coefficient (Wildman–Crippen LogP) is 1.93. The number of hydroxylamine groups is 2. The highest BCUT2D eigenvalue weighted by molar-refractivity contribution is 5.11. The van der Waals surface area contributed by atoms with Crippen molar-refractivity contribution in [3.63, 3.8) is 0 Å². The molecular weight excluding hydrogens is 126 g/mol. The van der Waals surface area contributed by atoms with Crippen LogP contribution in [0.4, 0.5) is 0 Å². The molecule has 2 nitrogen and oxygen atoms in total. The molecule has 1 atom stereocenters. The lowest BCUT2D eigenvalue weighted by molar-refractivity contribution is -0.0677. The van der Waals surface area contributed by atoms with E-state index < -0.39 is 0 Å². The molecule has 1 N–H and O–H groups in total. The highest BCUT2D eigenvalue weighted by Gasteiger charge is 2.09. The molecule has 0 fully saturated rings. The Hall–Kier alpha value is -0.760. The van der Waals surface area contributed by atoms with Gasteiger partial charge in [-0.3, -0.25) is 10.3 Å². The van der Waals surface area contributed by atoms with E-state index in [2.05, 4.69) is 6.92 Å². The molecule has 0 saturated heterocycles. The van der Waals surface area contributed by atoms with Crippen LogP contribution in [-0.4, -0.2) is 16.3 Å². The second-order valence-electron chi connectivity index (χ2n) is 2.46. The molecular formula is C8H13NO. The first-order valence-corrected chi connectivity index (χ1v) is 3.67. The Morgan fingerprint density at radius 1 is 1.50 bits per heavy atom. The van der Waals surface area contributed by atoms with Crippen LogP contribution in [0.5, 0.6) is 0 Å². The molecule has 0 radical (unpaired) electrons. The van der Waals surface area contributed by atoms with Crippen molar-refractivity contribution in [1.29, 1.82) is 0 Å². The zero-order valence-corrected chi connectivity index (χ0v) is 6.20. The molecule has 0 aliphatic carbocycles. The van der Waals surface area contributed by atoms with Crippen LogP contribution >= 0.6 is 0 Å². The van der Waals surface area contributed by atoms with Gasteiger partial charge in [0.1, 0.15) is 0 Å². The molecule has 10 heavy (non-hydrogen) atoms. The minimum Gasteiger partial charge on any atom is -0.288 e. The molecule has 1 aliphatic heterocycles. The summed E-state index contributed by atoms with van der Waals surface area (Å²) in [6, 6.07) is 0.190. The van der Waals surface area contributed by atoms with Crippen molar-refractivity contribution in [3.8, 4) is 0 Å². The molecule has 0 spiro atoms. The molecule has 0 aromatic heterocycles. The lowest BCUT2D eigenvalue weighted by Gasteiger charge is -2.22. The molecule has 0 aromatic rings. The Balaban J connectivity index is 2.44. The zero-order chi connectivity index (χ0) is 7.40. The van der Waals surface area contributed by atoms with E-state index in [1.165, 1.54) is 5.06 Å². The van der Waals surface area contributed by atoms with Crippen LogP contribution in [0.2, 0.25) is 0 Å². The van der Waals surface area contributed by atoms with Crippen molar-refractivity contribution in [3.05, 3.63) is 24.4 Å². The van der Waals surface area contributed by atoms with Crippen molar-refractivity contribution in [2.75, 3.05) is 0 Å². The minimum absolute atomic E-state index is 0.190. The molecule has 1 heterocycles. The lowest BCUT2D eigenvalue weighted by Crippen LogP contribution is -2.26. The summed E-state index contributed by atoms with van der Waals surface area (Å²) >= 11 is 0. The van der Waals surface area contributed by atoms with Gasteiger partial charge in [0.05, 0.1) is 6.04 Å². The van der Waals surface area contributed by atoms with Gasteiger partial charge in [-0.15, -0.1) is 0 Å². The predicted molar refractivity (Wildman–Crippen MR) is 40.6 cm³/mol. The van der Waals surface area contributed by atoms with Gasteiger partial charge in [0.15, 0.2) is 0 Å². The van der Waals surface area contributed by atoms with Gasteiger partial charge >= 0.3 is 0 Å². The smallest absolute Gasteiger partial charge is 0.0739 e. The van der Waals surface area contributed by atoms with Crippen molar-refractivity contribution in [2.24, 2.45) is 0 Å². The van der Waals surface area contributed by atoms with E-state index in [1.807, 2.05) is 18.2 Å². The summed E-state index contributed by atoms with van der Waals surface area (Å²) in [5, 5.41) is 10.4. The van der Waals surface area contributed by atoms with E-state index in [9.17, 15) is 5.21 Å². The van der Waals surface area contributed by atoms with E-state index in [4.69, 9.17) is 0 Å². The maximum Gasteiger partial charge on any atom is 0.0739 e. The van der Waals surface area contributed by atoms with E-state index in [1.54, 1.807) is 6.20 Å². The van der Waals surface area contributed by atoms with Gasteiger partial charge in [-0.2, -0.15) is 0 Å². The molecule has 0 aromatic carbocycles. The Labute approximate surface area is 61.4 Å². The Bertz CT molecular complexity index is 151. The van der Waals surface area contributed by atoms with Crippen LogP contribution < -0.4 is 0 Å². The lowest BCUT2D eigenvalue weighted by atomic mass is 10.1. The first-order valence-electron chi connectivity index (χ1n) is 3.67. The third-order valence-corrected chi connectivity index (χ3v) is 1.61. The van der Waals surface area contributed by atoms with Gasteiger partial charge in [0.25, 0.3) is 0 Å². The third kappa shape index (κ3) is 1.61. The number of allylic oxidation sites excluding steroid dienone is 2. The second-order valence-corrected chi connectivity index (χ2v) is 2.46. The second kappa shape index (κ2) is 3.42. The SMILES string of the molecule is CCCC1C=CC=CN1O. The average Bonchev–Trinajstić information content (AvgIpc) is 1.94. The van der Waals surface area contributed by atoms with E-state index in [0.29, 0.717) is 0 Å². The summed E-state index contributed by atoms with van der Waals surface area (Å²) in [5.41, 5.74) is 0.